The zero-order chi connectivity index (χ0) is 27.3. The summed E-state index contributed by atoms with van der Waals surface area (Å²) in [7, 11) is 0. The fraction of sp³-hybridized carbons (Fsp3) is 0.344. The SMILES string of the molecule is O=C(NCc1ccc(CN2CCc3ccccc3C2)cc1)C1CCCN(Cc2nc(-c3ccc(Br)cc3)no2)C1. The van der Waals surface area contributed by atoms with Gasteiger partial charge in [0.1, 0.15) is 0 Å². The average molecular weight is 601 g/mol. The maximum Gasteiger partial charge on any atom is 0.241 e. The highest BCUT2D eigenvalue weighted by atomic mass is 79.9. The second-order valence-corrected chi connectivity index (χ2v) is 11.8. The van der Waals surface area contributed by atoms with Gasteiger partial charge in [0.2, 0.25) is 17.6 Å². The fourth-order valence-corrected chi connectivity index (χ4v) is 5.95. The molecule has 0 bridgehead atoms. The number of piperidine rings is 1. The Bertz CT molecular complexity index is 1440. The fourth-order valence-electron chi connectivity index (χ4n) is 5.68. The van der Waals surface area contributed by atoms with E-state index in [1.165, 1.54) is 16.7 Å². The number of halogens is 1. The number of likely N-dealkylation sites (tertiary alicyclic amines) is 1. The van der Waals surface area contributed by atoms with Crippen LogP contribution in [-0.4, -0.2) is 45.5 Å². The van der Waals surface area contributed by atoms with Gasteiger partial charge in [-0.25, -0.2) is 0 Å². The molecular weight excluding hydrogens is 566 g/mol. The first-order chi connectivity index (χ1) is 19.6. The molecular formula is C32H34BrN5O2. The third-order valence-electron chi connectivity index (χ3n) is 7.91. The molecule has 1 amide bonds. The van der Waals surface area contributed by atoms with E-state index in [4.69, 9.17) is 4.52 Å². The number of hydrogen-bond acceptors (Lipinski definition) is 6. The molecule has 3 heterocycles. The topological polar surface area (TPSA) is 74.5 Å². The molecule has 0 spiro atoms. The Morgan fingerprint density at radius 3 is 2.52 bits per heavy atom. The summed E-state index contributed by atoms with van der Waals surface area (Å²) in [6.07, 6.45) is 2.98. The van der Waals surface area contributed by atoms with Gasteiger partial charge < -0.3 is 9.84 Å². The van der Waals surface area contributed by atoms with Crippen LogP contribution < -0.4 is 5.32 Å². The van der Waals surface area contributed by atoms with Crippen molar-refractivity contribution >= 4 is 21.8 Å². The summed E-state index contributed by atoms with van der Waals surface area (Å²) < 4.78 is 6.52. The summed E-state index contributed by atoms with van der Waals surface area (Å²) in [5, 5.41) is 7.30. The normalized spacial score (nSPS) is 17.9. The molecule has 206 valence electrons. The van der Waals surface area contributed by atoms with Crippen molar-refractivity contribution in [3.8, 4) is 11.4 Å². The Balaban J connectivity index is 0.966. The van der Waals surface area contributed by atoms with Crippen LogP contribution in [0.3, 0.4) is 0 Å². The molecule has 2 aliphatic heterocycles. The van der Waals surface area contributed by atoms with E-state index in [0.29, 0.717) is 31.3 Å². The van der Waals surface area contributed by atoms with E-state index in [-0.39, 0.29) is 11.8 Å². The zero-order valence-electron chi connectivity index (χ0n) is 22.6. The molecule has 2 aliphatic rings. The first kappa shape index (κ1) is 26.9. The number of rotatable bonds is 8. The van der Waals surface area contributed by atoms with Gasteiger partial charge in [0, 0.05) is 42.8 Å². The van der Waals surface area contributed by atoms with Crippen molar-refractivity contribution in [1.82, 2.24) is 25.3 Å². The highest BCUT2D eigenvalue weighted by Gasteiger charge is 2.27. The molecule has 1 unspecified atom stereocenters. The molecule has 0 aliphatic carbocycles. The van der Waals surface area contributed by atoms with Gasteiger partial charge in [0.15, 0.2) is 0 Å². The lowest BCUT2D eigenvalue weighted by molar-refractivity contribution is -0.127. The lowest BCUT2D eigenvalue weighted by atomic mass is 9.97. The van der Waals surface area contributed by atoms with Crippen molar-refractivity contribution in [1.29, 1.82) is 0 Å². The van der Waals surface area contributed by atoms with E-state index >= 15 is 0 Å². The number of nitrogens with one attached hydrogen (secondary N) is 1. The Labute approximate surface area is 243 Å². The zero-order valence-corrected chi connectivity index (χ0v) is 24.1. The predicted octanol–water partition coefficient (Wildman–Crippen LogP) is 5.59. The first-order valence-corrected chi connectivity index (χ1v) is 14.8. The van der Waals surface area contributed by atoms with E-state index in [9.17, 15) is 4.79 Å². The molecule has 3 aromatic carbocycles. The van der Waals surface area contributed by atoms with Crippen LogP contribution in [0.1, 0.15) is 41.0 Å². The molecule has 0 saturated carbocycles. The second kappa shape index (κ2) is 12.5. The number of carbonyl (C=O) groups excluding carboxylic acids is 1. The monoisotopic (exact) mass is 599 g/mol. The van der Waals surface area contributed by atoms with Crippen molar-refractivity contribution in [3.05, 3.63) is 105 Å². The molecule has 4 aromatic rings. The van der Waals surface area contributed by atoms with Crippen molar-refractivity contribution in [3.63, 3.8) is 0 Å². The van der Waals surface area contributed by atoms with Crippen LogP contribution in [-0.2, 0) is 37.4 Å². The Hall–Kier alpha value is -3.33. The van der Waals surface area contributed by atoms with Gasteiger partial charge in [-0.2, -0.15) is 4.98 Å². The van der Waals surface area contributed by atoms with Gasteiger partial charge in [-0.1, -0.05) is 69.6 Å². The van der Waals surface area contributed by atoms with Crippen molar-refractivity contribution in [2.75, 3.05) is 19.6 Å². The van der Waals surface area contributed by atoms with Gasteiger partial charge in [0.05, 0.1) is 12.5 Å². The molecule has 6 rings (SSSR count). The highest BCUT2D eigenvalue weighted by Crippen LogP contribution is 2.23. The lowest BCUT2D eigenvalue weighted by Gasteiger charge is -2.30. The number of aromatic nitrogens is 2. The molecule has 1 saturated heterocycles. The summed E-state index contributed by atoms with van der Waals surface area (Å²) in [6.45, 7) is 5.76. The molecule has 1 aromatic heterocycles. The Morgan fingerprint density at radius 1 is 0.925 bits per heavy atom. The molecule has 8 heteroatoms. The van der Waals surface area contributed by atoms with Gasteiger partial charge in [0.25, 0.3) is 0 Å². The molecule has 1 atom stereocenters. The molecule has 1 N–H and O–H groups in total. The minimum atomic E-state index is -0.0381. The van der Waals surface area contributed by atoms with E-state index in [0.717, 1.165) is 61.0 Å². The second-order valence-electron chi connectivity index (χ2n) is 10.9. The molecule has 0 radical (unpaired) electrons. The number of hydrogen-bond donors (Lipinski definition) is 1. The highest BCUT2D eigenvalue weighted by molar-refractivity contribution is 9.10. The number of nitrogens with zero attached hydrogens (tertiary/aromatic N) is 4. The van der Waals surface area contributed by atoms with Gasteiger partial charge >= 0.3 is 0 Å². The standard InChI is InChI=1S/C32H34BrN5O2/c33-29-13-11-26(12-14-29)31-35-30(40-36-31)22-37-16-3-6-28(21-37)32(39)34-18-23-7-9-24(10-8-23)19-38-17-15-25-4-1-2-5-27(25)20-38/h1-2,4-5,7-14,28H,3,6,15-22H2,(H,34,39). The van der Waals surface area contributed by atoms with Crippen molar-refractivity contribution < 1.29 is 9.32 Å². The summed E-state index contributed by atoms with van der Waals surface area (Å²) in [4.78, 5) is 22.3. The summed E-state index contributed by atoms with van der Waals surface area (Å²) in [5.41, 5.74) is 6.27. The van der Waals surface area contributed by atoms with Gasteiger partial charge in [-0.05, 0) is 72.3 Å². The van der Waals surface area contributed by atoms with Gasteiger partial charge in [-0.3, -0.25) is 14.6 Å². The molecule has 1 fully saturated rings. The quantitative estimate of drug-likeness (QED) is 0.285. The first-order valence-electron chi connectivity index (χ1n) is 14.0. The number of amides is 1. The van der Waals surface area contributed by atoms with Gasteiger partial charge in [-0.15, -0.1) is 0 Å². The largest absolute Gasteiger partial charge is 0.352 e. The van der Waals surface area contributed by atoms with Crippen LogP contribution >= 0.6 is 15.9 Å². The predicted molar refractivity (Wildman–Crippen MR) is 158 cm³/mol. The maximum absolute atomic E-state index is 13.0. The van der Waals surface area contributed by atoms with Crippen LogP contribution in [0.15, 0.2) is 81.8 Å². The van der Waals surface area contributed by atoms with Crippen LogP contribution in [0.25, 0.3) is 11.4 Å². The van der Waals surface area contributed by atoms with Crippen LogP contribution in [0.2, 0.25) is 0 Å². The Morgan fingerprint density at radius 2 is 1.70 bits per heavy atom. The van der Waals surface area contributed by atoms with E-state index < -0.39 is 0 Å². The van der Waals surface area contributed by atoms with Crippen LogP contribution in [0.5, 0.6) is 0 Å². The molecule has 7 nitrogen and oxygen atoms in total. The number of carbonyl (C=O) groups is 1. The van der Waals surface area contributed by atoms with E-state index in [2.05, 4.69) is 89.7 Å². The minimum absolute atomic E-state index is 0.0381. The smallest absolute Gasteiger partial charge is 0.241 e. The van der Waals surface area contributed by atoms with Crippen LogP contribution in [0, 0.1) is 5.92 Å². The maximum atomic E-state index is 13.0. The van der Waals surface area contributed by atoms with E-state index in [1.807, 2.05) is 24.3 Å². The summed E-state index contributed by atoms with van der Waals surface area (Å²) in [6, 6.07) is 25.2. The summed E-state index contributed by atoms with van der Waals surface area (Å²) >= 11 is 3.45. The van der Waals surface area contributed by atoms with Crippen molar-refractivity contribution in [2.45, 2.75) is 45.4 Å². The van der Waals surface area contributed by atoms with Crippen LogP contribution in [0.4, 0.5) is 0 Å². The number of benzene rings is 3. The number of fused-ring (bicyclic) bond motifs is 1. The van der Waals surface area contributed by atoms with E-state index in [1.54, 1.807) is 0 Å². The third kappa shape index (κ3) is 6.69. The average Bonchev–Trinajstić information content (AvgIpc) is 3.45. The lowest BCUT2D eigenvalue weighted by Crippen LogP contribution is -2.42. The molecule has 40 heavy (non-hydrogen) atoms. The minimum Gasteiger partial charge on any atom is -0.352 e. The summed E-state index contributed by atoms with van der Waals surface area (Å²) in [5.74, 6) is 1.24. The van der Waals surface area contributed by atoms with Crippen molar-refractivity contribution in [2.24, 2.45) is 5.92 Å². The third-order valence-corrected chi connectivity index (χ3v) is 8.44. The Kier molecular flexibility index (Phi) is 8.37.